The molecule has 0 radical (unpaired) electrons. The summed E-state index contributed by atoms with van der Waals surface area (Å²) in [6, 6.07) is 0.0745. The van der Waals surface area contributed by atoms with E-state index in [4.69, 9.17) is 9.84 Å². The number of fused-ring (bicyclic) bond motifs is 2. The lowest BCUT2D eigenvalue weighted by Gasteiger charge is -2.41. The predicted molar refractivity (Wildman–Crippen MR) is 142 cm³/mol. The fourth-order valence-electron chi connectivity index (χ4n) is 5.55. The van der Waals surface area contributed by atoms with Crippen molar-refractivity contribution in [1.82, 2.24) is 20.4 Å². The standard InChI is InChI=1S/C28H44N4O5/c1-18(2)37-26-23(25(35)31-19(3)22-15-20-8-6-9-21(14-20)16-22)17-30-32(26)13-11-28(4,5)27(36)29-12-7-10-24(33)34/h11,13,17-22H,6-10,12,14-16H2,1-5H3,(H,29,36)(H,31,35)(H,33,34)/b13-11+. The van der Waals surface area contributed by atoms with E-state index in [1.165, 1.54) is 49.4 Å². The van der Waals surface area contributed by atoms with E-state index in [2.05, 4.69) is 22.7 Å². The number of nitrogens with zero attached hydrogens (tertiary/aromatic N) is 2. The maximum atomic E-state index is 13.3. The van der Waals surface area contributed by atoms with E-state index in [0.717, 1.165) is 11.8 Å². The van der Waals surface area contributed by atoms with Crippen LogP contribution in [0.3, 0.4) is 0 Å². The summed E-state index contributed by atoms with van der Waals surface area (Å²) < 4.78 is 7.48. The van der Waals surface area contributed by atoms with Crippen LogP contribution in [-0.4, -0.2) is 51.4 Å². The number of carbonyl (C=O) groups is 3. The van der Waals surface area contributed by atoms with E-state index in [-0.39, 0.29) is 36.9 Å². The lowest BCUT2D eigenvalue weighted by atomic mass is 9.66. The first-order valence-electron chi connectivity index (χ1n) is 13.7. The Kier molecular flexibility index (Phi) is 9.79. The number of amides is 2. The van der Waals surface area contributed by atoms with E-state index < -0.39 is 11.4 Å². The van der Waals surface area contributed by atoms with Gasteiger partial charge in [-0.25, -0.2) is 4.68 Å². The van der Waals surface area contributed by atoms with Gasteiger partial charge in [0, 0.05) is 25.2 Å². The first-order chi connectivity index (χ1) is 17.5. The molecule has 0 aromatic carbocycles. The average molecular weight is 517 g/mol. The van der Waals surface area contributed by atoms with Crippen molar-refractivity contribution in [3.05, 3.63) is 17.8 Å². The molecule has 0 spiro atoms. The van der Waals surface area contributed by atoms with Crippen LogP contribution < -0.4 is 15.4 Å². The maximum absolute atomic E-state index is 13.3. The summed E-state index contributed by atoms with van der Waals surface area (Å²) in [6.45, 7) is 9.70. The average Bonchev–Trinajstić information content (AvgIpc) is 3.21. The predicted octanol–water partition coefficient (Wildman–Crippen LogP) is 4.48. The molecule has 2 aliphatic carbocycles. The van der Waals surface area contributed by atoms with Gasteiger partial charge in [-0.05, 0) is 78.1 Å². The van der Waals surface area contributed by atoms with E-state index in [1.807, 2.05) is 13.8 Å². The Hall–Kier alpha value is -2.84. The molecule has 37 heavy (non-hydrogen) atoms. The summed E-state index contributed by atoms with van der Waals surface area (Å²) >= 11 is 0. The molecule has 3 rings (SSSR count). The van der Waals surface area contributed by atoms with E-state index >= 15 is 0 Å². The quantitative estimate of drug-likeness (QED) is 0.352. The highest BCUT2D eigenvalue weighted by Gasteiger charge is 2.35. The minimum Gasteiger partial charge on any atom is -0.481 e. The summed E-state index contributed by atoms with van der Waals surface area (Å²) in [5, 5.41) is 19.1. The van der Waals surface area contributed by atoms with Gasteiger partial charge in [-0.15, -0.1) is 0 Å². The fraction of sp³-hybridized carbons (Fsp3) is 0.714. The summed E-state index contributed by atoms with van der Waals surface area (Å²) in [7, 11) is 0. The summed E-state index contributed by atoms with van der Waals surface area (Å²) in [4.78, 5) is 36.6. The van der Waals surface area contributed by atoms with Crippen molar-refractivity contribution in [1.29, 1.82) is 0 Å². The number of hydrogen-bond donors (Lipinski definition) is 3. The smallest absolute Gasteiger partial charge is 0.303 e. The number of hydrogen-bond acceptors (Lipinski definition) is 5. The molecule has 2 saturated carbocycles. The van der Waals surface area contributed by atoms with Crippen molar-refractivity contribution < 1.29 is 24.2 Å². The minimum atomic E-state index is -0.889. The van der Waals surface area contributed by atoms with Crippen molar-refractivity contribution in [2.24, 2.45) is 23.2 Å². The third-order valence-electron chi connectivity index (χ3n) is 7.64. The summed E-state index contributed by atoms with van der Waals surface area (Å²) in [5.74, 6) is 1.11. The highest BCUT2D eigenvalue weighted by atomic mass is 16.5. The number of ether oxygens (including phenoxy) is 1. The highest BCUT2D eigenvalue weighted by molar-refractivity contribution is 5.96. The molecular formula is C28H44N4O5. The Balaban J connectivity index is 1.67. The van der Waals surface area contributed by atoms with Gasteiger partial charge in [0.05, 0.1) is 17.7 Å². The van der Waals surface area contributed by atoms with Gasteiger partial charge in [-0.2, -0.15) is 5.10 Å². The molecule has 2 fully saturated rings. The van der Waals surface area contributed by atoms with Crippen LogP contribution in [-0.2, 0) is 9.59 Å². The lowest BCUT2D eigenvalue weighted by molar-refractivity contribution is -0.137. The van der Waals surface area contributed by atoms with Gasteiger partial charge in [0.2, 0.25) is 11.8 Å². The zero-order chi connectivity index (χ0) is 27.2. The second-order valence-corrected chi connectivity index (χ2v) is 11.7. The number of carbonyl (C=O) groups excluding carboxylic acids is 2. The number of carboxylic acid groups (broad SMARTS) is 1. The first-order valence-corrected chi connectivity index (χ1v) is 13.7. The van der Waals surface area contributed by atoms with Gasteiger partial charge in [0.15, 0.2) is 0 Å². The van der Waals surface area contributed by atoms with Crippen molar-refractivity contribution in [3.8, 4) is 5.88 Å². The zero-order valence-corrected chi connectivity index (χ0v) is 23.0. The Morgan fingerprint density at radius 3 is 2.49 bits per heavy atom. The molecule has 206 valence electrons. The minimum absolute atomic E-state index is 0.00506. The number of carboxylic acids is 1. The number of nitrogens with one attached hydrogen (secondary N) is 2. The molecule has 2 aliphatic rings. The van der Waals surface area contributed by atoms with Crippen LogP contribution in [0.2, 0.25) is 0 Å². The monoisotopic (exact) mass is 516 g/mol. The molecule has 9 heteroatoms. The maximum Gasteiger partial charge on any atom is 0.303 e. The van der Waals surface area contributed by atoms with Gasteiger partial charge in [0.25, 0.3) is 5.91 Å². The number of aromatic nitrogens is 2. The summed E-state index contributed by atoms with van der Waals surface area (Å²) in [6.07, 6.45) is 12.7. The molecule has 0 aliphatic heterocycles. The highest BCUT2D eigenvalue weighted by Crippen LogP contribution is 2.43. The molecule has 9 nitrogen and oxygen atoms in total. The molecule has 1 aromatic heterocycles. The second-order valence-electron chi connectivity index (χ2n) is 11.7. The largest absolute Gasteiger partial charge is 0.481 e. The summed E-state index contributed by atoms with van der Waals surface area (Å²) in [5.41, 5.74) is -0.502. The van der Waals surface area contributed by atoms with Crippen LogP contribution in [0.1, 0.15) is 96.3 Å². The van der Waals surface area contributed by atoms with Gasteiger partial charge < -0.3 is 20.5 Å². The molecule has 2 bridgehead atoms. The fourth-order valence-corrected chi connectivity index (χ4v) is 5.55. The van der Waals surface area contributed by atoms with Gasteiger partial charge in [-0.1, -0.05) is 25.3 Å². The van der Waals surface area contributed by atoms with Crippen LogP contribution in [0.15, 0.2) is 12.3 Å². The van der Waals surface area contributed by atoms with Gasteiger partial charge in [-0.3, -0.25) is 14.4 Å². The van der Waals surface area contributed by atoms with E-state index in [9.17, 15) is 14.4 Å². The van der Waals surface area contributed by atoms with Crippen LogP contribution >= 0.6 is 0 Å². The second kappa shape index (κ2) is 12.6. The van der Waals surface area contributed by atoms with Crippen LogP contribution in [0.5, 0.6) is 5.88 Å². The van der Waals surface area contributed by atoms with Gasteiger partial charge >= 0.3 is 5.97 Å². The number of aliphatic carboxylic acids is 1. The van der Waals surface area contributed by atoms with E-state index in [0.29, 0.717) is 23.8 Å². The zero-order valence-electron chi connectivity index (χ0n) is 23.0. The SMILES string of the molecule is CC(C)Oc1c(C(=O)NC(C)C2CC3CCCC(C3)C2)cnn1/C=C/C(C)(C)C(=O)NCCCC(=O)O. The molecule has 3 unspecified atom stereocenters. The molecular weight excluding hydrogens is 472 g/mol. The molecule has 0 saturated heterocycles. The first kappa shape index (κ1) is 28.7. The molecule has 1 heterocycles. The van der Waals surface area contributed by atoms with Crippen LogP contribution in [0.25, 0.3) is 6.20 Å². The Morgan fingerprint density at radius 2 is 1.86 bits per heavy atom. The molecule has 2 amide bonds. The topological polar surface area (TPSA) is 123 Å². The Labute approximate surface area is 220 Å². The molecule has 1 aromatic rings. The van der Waals surface area contributed by atoms with Crippen LogP contribution in [0, 0.1) is 23.2 Å². The van der Waals surface area contributed by atoms with Gasteiger partial charge in [0.1, 0.15) is 5.56 Å². The van der Waals surface area contributed by atoms with Crippen molar-refractivity contribution >= 4 is 24.0 Å². The third-order valence-corrected chi connectivity index (χ3v) is 7.64. The van der Waals surface area contributed by atoms with E-state index in [1.54, 1.807) is 26.1 Å². The molecule has 3 N–H and O–H groups in total. The third kappa shape index (κ3) is 8.07. The van der Waals surface area contributed by atoms with Crippen LogP contribution in [0.4, 0.5) is 0 Å². The Bertz CT molecular complexity index is 971. The van der Waals surface area contributed by atoms with Crippen molar-refractivity contribution in [2.75, 3.05) is 6.54 Å². The van der Waals surface area contributed by atoms with Crippen molar-refractivity contribution in [3.63, 3.8) is 0 Å². The molecule has 3 atom stereocenters. The van der Waals surface area contributed by atoms with Crippen molar-refractivity contribution in [2.45, 2.75) is 98.1 Å². The number of rotatable bonds is 12. The normalized spacial score (nSPS) is 22.6. The Morgan fingerprint density at radius 1 is 1.19 bits per heavy atom. The lowest BCUT2D eigenvalue weighted by Crippen LogP contribution is -2.42.